The second-order valence-electron chi connectivity index (χ2n) is 4.51. The minimum absolute atomic E-state index is 0.125. The van der Waals surface area contributed by atoms with E-state index in [1.54, 1.807) is 0 Å². The Balaban J connectivity index is 1.86. The molecule has 0 aliphatic rings. The van der Waals surface area contributed by atoms with E-state index in [0.717, 1.165) is 29.3 Å². The summed E-state index contributed by atoms with van der Waals surface area (Å²) in [4.78, 5) is 0.340. The predicted molar refractivity (Wildman–Crippen MR) is 85.1 cm³/mol. The van der Waals surface area contributed by atoms with Gasteiger partial charge in [0, 0.05) is 9.30 Å². The maximum Gasteiger partial charge on any atom is 0.127 e. The quantitative estimate of drug-likeness (QED) is 0.549. The van der Waals surface area contributed by atoms with Gasteiger partial charge in [-0.1, -0.05) is 68.3 Å². The van der Waals surface area contributed by atoms with Gasteiger partial charge >= 0.3 is 0 Å². The summed E-state index contributed by atoms with van der Waals surface area (Å²) in [6.45, 7) is 0. The van der Waals surface area contributed by atoms with Crippen LogP contribution in [0.15, 0.2) is 53.0 Å². The van der Waals surface area contributed by atoms with Crippen LogP contribution in [0.4, 0.5) is 4.39 Å². The van der Waals surface area contributed by atoms with Gasteiger partial charge in [-0.05, 0) is 42.5 Å². The molecule has 19 heavy (non-hydrogen) atoms. The van der Waals surface area contributed by atoms with Gasteiger partial charge in [-0.3, -0.25) is 0 Å². The molecule has 0 saturated carbocycles. The maximum atomic E-state index is 13.7. The summed E-state index contributed by atoms with van der Waals surface area (Å²) in [6, 6.07) is 15.6. The number of aryl methyl sites for hydroxylation is 1. The Hall–Kier alpha value is -0.670. The van der Waals surface area contributed by atoms with Gasteiger partial charge in [0.2, 0.25) is 0 Å². The molecule has 0 radical (unpaired) electrons. The van der Waals surface area contributed by atoms with Gasteiger partial charge in [0.1, 0.15) is 5.82 Å². The van der Waals surface area contributed by atoms with Crippen LogP contribution >= 0.6 is 31.9 Å². The number of benzene rings is 2. The van der Waals surface area contributed by atoms with Crippen LogP contribution in [0.5, 0.6) is 0 Å². The molecule has 3 heteroatoms. The lowest BCUT2D eigenvalue weighted by atomic mass is 10.0. The second-order valence-corrected chi connectivity index (χ2v) is 6.53. The first-order valence-electron chi connectivity index (χ1n) is 6.30. The monoisotopic (exact) mass is 384 g/mol. The Bertz CT molecular complexity index is 526. The Morgan fingerprint density at radius 2 is 1.79 bits per heavy atom. The zero-order valence-corrected chi connectivity index (χ0v) is 13.6. The predicted octanol–water partition coefficient (Wildman–Crippen LogP) is 6.05. The molecule has 0 fully saturated rings. The van der Waals surface area contributed by atoms with Crippen molar-refractivity contribution >= 4 is 31.9 Å². The van der Waals surface area contributed by atoms with Crippen LogP contribution in [0, 0.1) is 5.82 Å². The molecule has 100 valence electrons. The fourth-order valence-corrected chi connectivity index (χ4v) is 2.99. The molecule has 1 atom stereocenters. The highest BCUT2D eigenvalue weighted by atomic mass is 79.9. The van der Waals surface area contributed by atoms with Crippen molar-refractivity contribution in [1.29, 1.82) is 0 Å². The molecule has 2 aromatic carbocycles. The van der Waals surface area contributed by atoms with Crippen molar-refractivity contribution in [2.24, 2.45) is 0 Å². The third-order valence-electron chi connectivity index (χ3n) is 3.08. The van der Waals surface area contributed by atoms with E-state index in [9.17, 15) is 4.39 Å². The van der Waals surface area contributed by atoms with Crippen LogP contribution in [0.25, 0.3) is 0 Å². The lowest BCUT2D eigenvalue weighted by Gasteiger charge is -2.10. The Morgan fingerprint density at radius 1 is 1.05 bits per heavy atom. The average Bonchev–Trinajstić information content (AvgIpc) is 2.42. The zero-order chi connectivity index (χ0) is 13.7. The van der Waals surface area contributed by atoms with Crippen molar-refractivity contribution in [3.63, 3.8) is 0 Å². The highest BCUT2D eigenvalue weighted by molar-refractivity contribution is 9.10. The van der Waals surface area contributed by atoms with Crippen molar-refractivity contribution < 1.29 is 4.39 Å². The minimum atomic E-state index is -0.125. The Labute approximate surface area is 130 Å². The number of alkyl halides is 1. The van der Waals surface area contributed by atoms with Gasteiger partial charge in [-0.2, -0.15) is 0 Å². The first-order chi connectivity index (χ1) is 9.16. The molecule has 0 bridgehead atoms. The second kappa shape index (κ2) is 7.20. The summed E-state index contributed by atoms with van der Waals surface area (Å²) in [5, 5.41) is 0. The summed E-state index contributed by atoms with van der Waals surface area (Å²) >= 11 is 6.96. The van der Waals surface area contributed by atoms with E-state index in [0.29, 0.717) is 4.83 Å². The lowest BCUT2D eigenvalue weighted by Crippen LogP contribution is -1.94. The van der Waals surface area contributed by atoms with Gasteiger partial charge in [0.15, 0.2) is 0 Å². The molecule has 0 spiro atoms. The summed E-state index contributed by atoms with van der Waals surface area (Å²) in [5.41, 5.74) is 2.06. The van der Waals surface area contributed by atoms with Crippen LogP contribution in [0.1, 0.15) is 28.8 Å². The largest absolute Gasteiger partial charge is 0.207 e. The Kier molecular flexibility index (Phi) is 5.59. The van der Waals surface area contributed by atoms with Crippen LogP contribution in [0.3, 0.4) is 0 Å². The highest BCUT2D eigenvalue weighted by Crippen LogP contribution is 2.28. The Morgan fingerprint density at radius 3 is 2.47 bits per heavy atom. The van der Waals surface area contributed by atoms with E-state index >= 15 is 0 Å². The SMILES string of the molecule is Fc1cc(Br)ccc1CCCC(Br)c1ccccc1. The molecular weight excluding hydrogens is 371 g/mol. The maximum absolute atomic E-state index is 13.7. The molecule has 2 rings (SSSR count). The van der Waals surface area contributed by atoms with Crippen LogP contribution in [-0.2, 0) is 6.42 Å². The van der Waals surface area contributed by atoms with Gasteiger partial charge in [-0.15, -0.1) is 0 Å². The van der Waals surface area contributed by atoms with Crippen molar-refractivity contribution in [2.45, 2.75) is 24.1 Å². The molecule has 0 amide bonds. The van der Waals surface area contributed by atoms with Gasteiger partial charge in [0.25, 0.3) is 0 Å². The normalized spacial score (nSPS) is 12.4. The number of hydrogen-bond acceptors (Lipinski definition) is 0. The molecule has 0 heterocycles. The van der Waals surface area contributed by atoms with Gasteiger partial charge in [-0.25, -0.2) is 4.39 Å². The fraction of sp³-hybridized carbons (Fsp3) is 0.250. The standard InChI is InChI=1S/C16H15Br2F/c17-14-10-9-13(16(19)11-14)7-4-8-15(18)12-5-2-1-3-6-12/h1-3,5-6,9-11,15H,4,7-8H2. The van der Waals surface area contributed by atoms with Crippen molar-refractivity contribution in [2.75, 3.05) is 0 Å². The van der Waals surface area contributed by atoms with Gasteiger partial charge in [0.05, 0.1) is 0 Å². The van der Waals surface area contributed by atoms with Crippen molar-refractivity contribution in [1.82, 2.24) is 0 Å². The van der Waals surface area contributed by atoms with Crippen LogP contribution < -0.4 is 0 Å². The van der Waals surface area contributed by atoms with Crippen LogP contribution in [0.2, 0.25) is 0 Å². The van der Waals surface area contributed by atoms with E-state index in [2.05, 4.69) is 44.0 Å². The average molecular weight is 386 g/mol. The van der Waals surface area contributed by atoms with Crippen molar-refractivity contribution in [3.8, 4) is 0 Å². The fourth-order valence-electron chi connectivity index (χ4n) is 2.02. The molecule has 0 aliphatic carbocycles. The van der Waals surface area contributed by atoms with E-state index in [1.165, 1.54) is 11.6 Å². The molecule has 0 aliphatic heterocycles. The highest BCUT2D eigenvalue weighted by Gasteiger charge is 2.08. The topological polar surface area (TPSA) is 0 Å². The first-order valence-corrected chi connectivity index (χ1v) is 8.00. The molecule has 1 unspecified atom stereocenters. The third kappa shape index (κ3) is 4.43. The van der Waals surface area contributed by atoms with E-state index in [1.807, 2.05) is 30.3 Å². The third-order valence-corrected chi connectivity index (χ3v) is 4.56. The number of hydrogen-bond donors (Lipinski definition) is 0. The smallest absolute Gasteiger partial charge is 0.127 e. The number of rotatable bonds is 5. The van der Waals surface area contributed by atoms with E-state index in [-0.39, 0.29) is 5.82 Å². The van der Waals surface area contributed by atoms with Crippen molar-refractivity contribution in [3.05, 3.63) is 69.9 Å². The van der Waals surface area contributed by atoms with Crippen LogP contribution in [-0.4, -0.2) is 0 Å². The van der Waals surface area contributed by atoms with Gasteiger partial charge < -0.3 is 0 Å². The van der Waals surface area contributed by atoms with E-state index < -0.39 is 0 Å². The first kappa shape index (κ1) is 14.7. The number of halogens is 3. The molecule has 0 nitrogen and oxygen atoms in total. The minimum Gasteiger partial charge on any atom is -0.207 e. The summed E-state index contributed by atoms with van der Waals surface area (Å²) < 4.78 is 14.4. The summed E-state index contributed by atoms with van der Waals surface area (Å²) in [7, 11) is 0. The molecule has 2 aromatic rings. The molecular formula is C16H15Br2F. The summed E-state index contributed by atoms with van der Waals surface area (Å²) in [5.74, 6) is -0.125. The molecule has 0 aromatic heterocycles. The molecule has 0 N–H and O–H groups in total. The van der Waals surface area contributed by atoms with E-state index in [4.69, 9.17) is 0 Å². The zero-order valence-electron chi connectivity index (χ0n) is 10.5. The lowest BCUT2D eigenvalue weighted by molar-refractivity contribution is 0.599. The molecule has 0 saturated heterocycles. The summed E-state index contributed by atoms with van der Waals surface area (Å²) in [6.07, 6.45) is 2.73.